The lowest BCUT2D eigenvalue weighted by Gasteiger charge is -2.18. The van der Waals surface area contributed by atoms with Crippen molar-refractivity contribution in [3.63, 3.8) is 0 Å². The number of nitrogens with one attached hydrogen (secondary N) is 2. The first-order valence-corrected chi connectivity index (χ1v) is 12.0. The van der Waals surface area contributed by atoms with E-state index < -0.39 is 18.0 Å². The fourth-order valence-electron chi connectivity index (χ4n) is 4.61. The number of rotatable bonds is 8. The summed E-state index contributed by atoms with van der Waals surface area (Å²) >= 11 is 0. The number of hydrogen-bond acceptors (Lipinski definition) is 5. The average molecular weight is 493 g/mol. The molecule has 0 saturated carbocycles. The maximum absolute atomic E-state index is 11.5. The second-order valence-corrected chi connectivity index (χ2v) is 8.77. The van der Waals surface area contributed by atoms with Crippen LogP contribution in [0.1, 0.15) is 47.8 Å². The molecule has 36 heavy (non-hydrogen) atoms. The predicted octanol–water partition coefficient (Wildman–Crippen LogP) is 3.16. The number of aliphatic hydroxyl groups is 1. The highest BCUT2D eigenvalue weighted by molar-refractivity contribution is 5.89. The minimum Gasteiger partial charge on any atom is -0.478 e. The van der Waals surface area contributed by atoms with Crippen LogP contribution in [-0.4, -0.2) is 44.8 Å². The van der Waals surface area contributed by atoms with Gasteiger partial charge in [0.2, 0.25) is 5.56 Å². The number of fused-ring (bicyclic) bond motifs is 2. The van der Waals surface area contributed by atoms with Crippen molar-refractivity contribution in [1.29, 1.82) is 0 Å². The number of pyridine rings is 1. The van der Waals surface area contributed by atoms with Crippen LogP contribution in [0.5, 0.6) is 0 Å². The Kier molecular flexibility index (Phi) is 9.16. The molecule has 0 spiro atoms. The number of aliphatic carboxylic acids is 2. The molecule has 1 atom stereocenters. The Labute approximate surface area is 209 Å². The Balaban J connectivity index is 0.000000392. The van der Waals surface area contributed by atoms with Crippen LogP contribution in [0.4, 0.5) is 0 Å². The van der Waals surface area contributed by atoms with E-state index in [1.165, 1.54) is 28.3 Å². The van der Waals surface area contributed by atoms with Gasteiger partial charge in [-0.2, -0.15) is 0 Å². The molecule has 3 aromatic rings. The molecule has 5 N–H and O–H groups in total. The highest BCUT2D eigenvalue weighted by atomic mass is 16.4. The molecule has 1 aromatic heterocycles. The lowest BCUT2D eigenvalue weighted by Crippen LogP contribution is -2.33. The van der Waals surface area contributed by atoms with Gasteiger partial charge in [0, 0.05) is 41.7 Å². The molecule has 2 aromatic carbocycles. The van der Waals surface area contributed by atoms with Crippen LogP contribution < -0.4 is 10.9 Å². The predicted molar refractivity (Wildman–Crippen MR) is 138 cm³/mol. The molecular formula is C28H32N2O6. The monoisotopic (exact) mass is 492 g/mol. The Morgan fingerprint density at radius 1 is 1.00 bits per heavy atom. The molecule has 8 heteroatoms. The molecule has 4 rings (SSSR count). The third kappa shape index (κ3) is 6.90. The minimum absolute atomic E-state index is 0.126. The number of carbonyl (C=O) groups is 2. The number of carboxylic acid groups (broad SMARTS) is 2. The van der Waals surface area contributed by atoms with Crippen LogP contribution >= 0.6 is 0 Å². The first-order chi connectivity index (χ1) is 17.2. The van der Waals surface area contributed by atoms with Crippen molar-refractivity contribution >= 4 is 22.8 Å². The van der Waals surface area contributed by atoms with E-state index in [0.717, 1.165) is 42.1 Å². The van der Waals surface area contributed by atoms with E-state index in [1.807, 2.05) is 18.2 Å². The van der Waals surface area contributed by atoms with Gasteiger partial charge in [-0.05, 0) is 65.6 Å². The van der Waals surface area contributed by atoms with Gasteiger partial charge in [0.25, 0.3) is 0 Å². The molecule has 1 unspecified atom stereocenters. The third-order valence-electron chi connectivity index (χ3n) is 6.34. The van der Waals surface area contributed by atoms with Gasteiger partial charge in [-0.15, -0.1) is 0 Å². The van der Waals surface area contributed by atoms with Crippen LogP contribution in [0.25, 0.3) is 10.9 Å². The van der Waals surface area contributed by atoms with E-state index in [4.69, 9.17) is 10.2 Å². The Hall–Kier alpha value is -3.75. The summed E-state index contributed by atoms with van der Waals surface area (Å²) in [6.07, 6.45) is 4.69. The smallest absolute Gasteiger partial charge is 0.328 e. The quantitative estimate of drug-likeness (QED) is 0.304. The normalized spacial score (nSPS) is 13.9. The van der Waals surface area contributed by atoms with Crippen LogP contribution in [0.2, 0.25) is 0 Å². The first kappa shape index (κ1) is 26.8. The molecule has 0 radical (unpaired) electrons. The van der Waals surface area contributed by atoms with Crippen molar-refractivity contribution in [1.82, 2.24) is 10.3 Å². The fraction of sp³-hybridized carbons (Fsp3) is 0.321. The lowest BCUT2D eigenvalue weighted by molar-refractivity contribution is -0.134. The molecule has 0 aliphatic heterocycles. The second-order valence-electron chi connectivity index (χ2n) is 8.77. The maximum Gasteiger partial charge on any atom is 0.328 e. The van der Waals surface area contributed by atoms with Crippen LogP contribution in [0, 0.1) is 0 Å². The molecule has 8 nitrogen and oxygen atoms in total. The van der Waals surface area contributed by atoms with Gasteiger partial charge in [-0.3, -0.25) is 4.79 Å². The molecule has 0 amide bonds. The number of aryl methyl sites for hydroxylation is 2. The zero-order chi connectivity index (χ0) is 26.2. The highest BCUT2D eigenvalue weighted by Gasteiger charge is 2.23. The van der Waals surface area contributed by atoms with Gasteiger partial charge in [0.05, 0.1) is 6.10 Å². The van der Waals surface area contributed by atoms with Crippen molar-refractivity contribution in [3.05, 3.63) is 92.8 Å². The number of H-pyrrole nitrogens is 1. The summed E-state index contributed by atoms with van der Waals surface area (Å²) in [6, 6.07) is 14.1. The molecule has 0 fully saturated rings. The highest BCUT2D eigenvalue weighted by Crippen LogP contribution is 2.28. The van der Waals surface area contributed by atoms with E-state index in [1.54, 1.807) is 6.07 Å². The molecule has 190 valence electrons. The summed E-state index contributed by atoms with van der Waals surface area (Å²) in [5.41, 5.74) is 7.31. The van der Waals surface area contributed by atoms with E-state index in [2.05, 4.69) is 36.3 Å². The van der Waals surface area contributed by atoms with Gasteiger partial charge in [0.15, 0.2) is 0 Å². The molecule has 1 aliphatic carbocycles. The Bertz CT molecular complexity index is 1280. The van der Waals surface area contributed by atoms with E-state index in [0.29, 0.717) is 24.7 Å². The number of aliphatic hydroxyl groups excluding tert-OH is 1. The number of benzene rings is 2. The largest absolute Gasteiger partial charge is 0.478 e. The molecule has 1 heterocycles. The summed E-state index contributed by atoms with van der Waals surface area (Å²) in [7, 11) is 0. The number of aromatic nitrogens is 1. The third-order valence-corrected chi connectivity index (χ3v) is 6.34. The van der Waals surface area contributed by atoms with Crippen molar-refractivity contribution in [2.45, 2.75) is 51.7 Å². The number of hydrogen-bond donors (Lipinski definition) is 5. The van der Waals surface area contributed by atoms with Crippen LogP contribution in [-0.2, 0) is 35.3 Å². The maximum atomic E-state index is 11.5. The zero-order valence-corrected chi connectivity index (χ0v) is 20.5. The fourth-order valence-corrected chi connectivity index (χ4v) is 4.61. The summed E-state index contributed by atoms with van der Waals surface area (Å²) < 4.78 is 0. The van der Waals surface area contributed by atoms with Crippen molar-refractivity contribution in [3.8, 4) is 0 Å². The number of aromatic amines is 1. The summed E-state index contributed by atoms with van der Waals surface area (Å²) in [5, 5.41) is 30.9. The zero-order valence-electron chi connectivity index (χ0n) is 20.5. The molecule has 0 bridgehead atoms. The van der Waals surface area contributed by atoms with Gasteiger partial charge < -0.3 is 25.6 Å². The topological polar surface area (TPSA) is 140 Å². The summed E-state index contributed by atoms with van der Waals surface area (Å²) in [4.78, 5) is 33.5. The van der Waals surface area contributed by atoms with Gasteiger partial charge in [0.1, 0.15) is 0 Å². The van der Waals surface area contributed by atoms with Gasteiger partial charge in [-0.25, -0.2) is 9.59 Å². The van der Waals surface area contributed by atoms with Gasteiger partial charge >= 0.3 is 11.9 Å². The van der Waals surface area contributed by atoms with Crippen LogP contribution in [0.15, 0.2) is 59.4 Å². The van der Waals surface area contributed by atoms with E-state index >= 15 is 0 Å². The van der Waals surface area contributed by atoms with Gasteiger partial charge in [-0.1, -0.05) is 38.1 Å². The molecule has 1 aliphatic rings. The Morgan fingerprint density at radius 2 is 1.58 bits per heavy atom. The van der Waals surface area contributed by atoms with Crippen molar-refractivity contribution in [2.75, 3.05) is 6.54 Å². The van der Waals surface area contributed by atoms with E-state index in [-0.39, 0.29) is 5.56 Å². The summed E-state index contributed by atoms with van der Waals surface area (Å²) in [5.74, 6) is -2.51. The first-order valence-electron chi connectivity index (χ1n) is 12.0. The van der Waals surface area contributed by atoms with Crippen molar-refractivity contribution in [2.24, 2.45) is 0 Å². The SMILES string of the molecule is CCc1cc2c(cc1CC)CC(NCC(O)c1cccc3[nH]c(=O)ccc13)C2.O=C(O)C=CC(=O)O. The minimum atomic E-state index is -1.26. The lowest BCUT2D eigenvalue weighted by atomic mass is 9.97. The second kappa shape index (κ2) is 12.3. The summed E-state index contributed by atoms with van der Waals surface area (Å²) in [6.45, 7) is 4.94. The standard InChI is InChI=1S/C24H28N2O2.C4H4O4/c1-3-15-10-17-12-19(13-18(17)11-16(15)4-2)25-14-23(27)21-6-5-7-22-20(21)8-9-24(28)26-22;5-3(6)1-2-4(7)8/h5-11,19,23,25,27H,3-4,12-14H2,1-2H3,(H,26,28);1-2H,(H,5,6)(H,7,8). The average Bonchev–Trinajstić information content (AvgIpc) is 3.26. The molecular weight excluding hydrogens is 460 g/mol. The molecule has 0 saturated heterocycles. The number of carboxylic acids is 2. The van der Waals surface area contributed by atoms with E-state index in [9.17, 15) is 19.5 Å². The van der Waals surface area contributed by atoms with Crippen LogP contribution in [0.3, 0.4) is 0 Å². The Morgan fingerprint density at radius 3 is 2.11 bits per heavy atom. The van der Waals surface area contributed by atoms with Crippen molar-refractivity contribution < 1.29 is 24.9 Å².